The summed E-state index contributed by atoms with van der Waals surface area (Å²) >= 11 is 0. The van der Waals surface area contributed by atoms with Gasteiger partial charge in [-0.05, 0) is 26.2 Å². The third kappa shape index (κ3) is 4.65. The van der Waals surface area contributed by atoms with Crippen LogP contribution in [0.25, 0.3) is 0 Å². The molecule has 1 aromatic heterocycles. The fourth-order valence-electron chi connectivity index (χ4n) is 1.93. The van der Waals surface area contributed by atoms with Gasteiger partial charge in [0.15, 0.2) is 5.69 Å². The zero-order chi connectivity index (χ0) is 13.5. The van der Waals surface area contributed by atoms with E-state index in [1.54, 1.807) is 13.0 Å². The third-order valence-electron chi connectivity index (χ3n) is 2.94. The number of ether oxygens (including phenoxy) is 2. The quantitative estimate of drug-likeness (QED) is 0.754. The van der Waals surface area contributed by atoms with E-state index in [9.17, 15) is 4.79 Å². The first kappa shape index (κ1) is 14.0. The number of nitrogens with one attached hydrogen (secondary N) is 1. The van der Waals surface area contributed by atoms with Crippen LogP contribution < -0.4 is 5.32 Å². The molecule has 1 aliphatic heterocycles. The lowest BCUT2D eigenvalue weighted by atomic mass is 10.2. The van der Waals surface area contributed by atoms with Crippen LogP contribution in [0, 0.1) is 6.92 Å². The fourth-order valence-corrected chi connectivity index (χ4v) is 1.93. The van der Waals surface area contributed by atoms with Gasteiger partial charge in [0.05, 0.1) is 12.7 Å². The van der Waals surface area contributed by atoms with Crippen molar-refractivity contribution in [3.8, 4) is 0 Å². The van der Waals surface area contributed by atoms with Crippen molar-refractivity contribution in [2.45, 2.75) is 32.3 Å². The first-order valence-corrected chi connectivity index (χ1v) is 6.66. The number of hydrogen-bond donors (Lipinski definition) is 1. The Hall–Kier alpha value is -1.40. The van der Waals surface area contributed by atoms with Crippen molar-refractivity contribution in [1.82, 2.24) is 10.5 Å². The van der Waals surface area contributed by atoms with Gasteiger partial charge in [-0.25, -0.2) is 0 Å². The van der Waals surface area contributed by atoms with Crippen molar-refractivity contribution in [1.29, 1.82) is 0 Å². The van der Waals surface area contributed by atoms with Crippen molar-refractivity contribution >= 4 is 5.91 Å². The smallest absolute Gasteiger partial charge is 0.273 e. The van der Waals surface area contributed by atoms with Gasteiger partial charge in [0, 0.05) is 25.8 Å². The molecule has 0 unspecified atom stereocenters. The molecule has 0 saturated carbocycles. The molecule has 2 rings (SSSR count). The number of aryl methyl sites for hydroxylation is 1. The van der Waals surface area contributed by atoms with Gasteiger partial charge in [0.2, 0.25) is 0 Å². The molecule has 0 spiro atoms. The molecule has 0 bridgehead atoms. The van der Waals surface area contributed by atoms with Crippen LogP contribution in [0.4, 0.5) is 0 Å². The molecular weight excluding hydrogens is 248 g/mol. The van der Waals surface area contributed by atoms with Crippen molar-refractivity contribution in [3.63, 3.8) is 0 Å². The predicted octanol–water partition coefficient (Wildman–Crippen LogP) is 1.30. The molecule has 1 aliphatic rings. The van der Waals surface area contributed by atoms with E-state index in [4.69, 9.17) is 14.0 Å². The SMILES string of the molecule is Cc1cc(C(=O)NCCCOC[C@@H]2CCCO2)no1. The topological polar surface area (TPSA) is 73.6 Å². The summed E-state index contributed by atoms with van der Waals surface area (Å²) in [6.45, 7) is 4.44. The van der Waals surface area contributed by atoms with E-state index in [-0.39, 0.29) is 12.0 Å². The maximum absolute atomic E-state index is 11.6. The van der Waals surface area contributed by atoms with E-state index in [0.717, 1.165) is 25.9 Å². The van der Waals surface area contributed by atoms with Crippen LogP contribution in [-0.2, 0) is 9.47 Å². The summed E-state index contributed by atoms with van der Waals surface area (Å²) < 4.78 is 15.8. The predicted molar refractivity (Wildman–Crippen MR) is 68.0 cm³/mol. The Morgan fingerprint density at radius 3 is 3.21 bits per heavy atom. The fraction of sp³-hybridized carbons (Fsp3) is 0.692. The summed E-state index contributed by atoms with van der Waals surface area (Å²) in [4.78, 5) is 11.6. The second-order valence-electron chi connectivity index (χ2n) is 4.64. The van der Waals surface area contributed by atoms with Gasteiger partial charge in [0.25, 0.3) is 5.91 Å². The maximum atomic E-state index is 11.6. The molecule has 6 nitrogen and oxygen atoms in total. The maximum Gasteiger partial charge on any atom is 0.273 e. The number of amides is 1. The highest BCUT2D eigenvalue weighted by Gasteiger charge is 2.15. The Balaban J connectivity index is 1.50. The first-order valence-electron chi connectivity index (χ1n) is 6.66. The minimum absolute atomic E-state index is 0.212. The van der Waals surface area contributed by atoms with Crippen LogP contribution in [0.2, 0.25) is 0 Å². The standard InChI is InChI=1S/C13H20N2O4/c1-10-8-12(15-19-10)13(16)14-5-3-6-17-9-11-4-2-7-18-11/h8,11H,2-7,9H2,1H3,(H,14,16)/t11-/m0/s1. The van der Waals surface area contributed by atoms with Crippen molar-refractivity contribution in [2.24, 2.45) is 0 Å². The summed E-state index contributed by atoms with van der Waals surface area (Å²) in [5.74, 6) is 0.418. The minimum Gasteiger partial charge on any atom is -0.379 e. The second kappa shape index (κ2) is 7.25. The van der Waals surface area contributed by atoms with Gasteiger partial charge in [-0.1, -0.05) is 5.16 Å². The normalized spacial score (nSPS) is 18.7. The Kier molecular flexibility index (Phi) is 5.35. The monoisotopic (exact) mass is 268 g/mol. The number of nitrogens with zero attached hydrogens (tertiary/aromatic N) is 1. The minimum atomic E-state index is -0.212. The average molecular weight is 268 g/mol. The summed E-state index contributed by atoms with van der Waals surface area (Å²) in [6.07, 6.45) is 3.24. The highest BCUT2D eigenvalue weighted by atomic mass is 16.5. The molecule has 2 heterocycles. The molecule has 106 valence electrons. The van der Waals surface area contributed by atoms with E-state index >= 15 is 0 Å². The Bertz CT molecular complexity index is 399. The highest BCUT2D eigenvalue weighted by Crippen LogP contribution is 2.11. The number of rotatable bonds is 7. The molecule has 1 saturated heterocycles. The van der Waals surface area contributed by atoms with Gasteiger partial charge < -0.3 is 19.3 Å². The van der Waals surface area contributed by atoms with E-state index in [1.165, 1.54) is 0 Å². The molecule has 0 radical (unpaired) electrons. The Morgan fingerprint density at radius 1 is 1.63 bits per heavy atom. The molecule has 6 heteroatoms. The molecule has 1 fully saturated rings. The zero-order valence-corrected chi connectivity index (χ0v) is 11.2. The Morgan fingerprint density at radius 2 is 2.53 bits per heavy atom. The van der Waals surface area contributed by atoms with Crippen LogP contribution in [-0.4, -0.2) is 43.5 Å². The summed E-state index contributed by atoms with van der Waals surface area (Å²) in [7, 11) is 0. The number of hydrogen-bond acceptors (Lipinski definition) is 5. The van der Waals surface area contributed by atoms with Crippen LogP contribution in [0.3, 0.4) is 0 Å². The highest BCUT2D eigenvalue weighted by molar-refractivity contribution is 5.92. The van der Waals surface area contributed by atoms with Gasteiger partial charge in [-0.3, -0.25) is 4.79 Å². The summed E-state index contributed by atoms with van der Waals surface area (Å²) in [5.41, 5.74) is 0.317. The molecular formula is C13H20N2O4. The van der Waals surface area contributed by atoms with E-state index in [1.807, 2.05) is 0 Å². The summed E-state index contributed by atoms with van der Waals surface area (Å²) in [5, 5.41) is 6.42. The van der Waals surface area contributed by atoms with Gasteiger partial charge in [0.1, 0.15) is 5.76 Å². The van der Waals surface area contributed by atoms with Gasteiger partial charge >= 0.3 is 0 Å². The van der Waals surface area contributed by atoms with E-state index < -0.39 is 0 Å². The lowest BCUT2D eigenvalue weighted by Gasteiger charge is -2.09. The van der Waals surface area contributed by atoms with Crippen molar-refractivity contribution in [2.75, 3.05) is 26.4 Å². The average Bonchev–Trinajstić information content (AvgIpc) is 3.04. The second-order valence-corrected chi connectivity index (χ2v) is 4.64. The largest absolute Gasteiger partial charge is 0.379 e. The molecule has 1 N–H and O–H groups in total. The third-order valence-corrected chi connectivity index (χ3v) is 2.94. The molecule has 0 aliphatic carbocycles. The van der Waals surface area contributed by atoms with E-state index in [0.29, 0.717) is 31.2 Å². The molecule has 0 aromatic carbocycles. The van der Waals surface area contributed by atoms with Crippen molar-refractivity contribution < 1.29 is 18.8 Å². The molecule has 19 heavy (non-hydrogen) atoms. The number of carbonyl (C=O) groups is 1. The lowest BCUT2D eigenvalue weighted by molar-refractivity contribution is 0.0166. The Labute approximate surface area is 112 Å². The van der Waals surface area contributed by atoms with Crippen molar-refractivity contribution in [3.05, 3.63) is 17.5 Å². The van der Waals surface area contributed by atoms with Gasteiger partial charge in [-0.15, -0.1) is 0 Å². The molecule has 1 aromatic rings. The molecule has 1 amide bonds. The lowest BCUT2D eigenvalue weighted by Crippen LogP contribution is -2.26. The number of carbonyl (C=O) groups excluding carboxylic acids is 1. The van der Waals surface area contributed by atoms with Crippen LogP contribution in [0.5, 0.6) is 0 Å². The summed E-state index contributed by atoms with van der Waals surface area (Å²) in [6, 6.07) is 1.61. The van der Waals surface area contributed by atoms with E-state index in [2.05, 4.69) is 10.5 Å². The van der Waals surface area contributed by atoms with Crippen LogP contribution >= 0.6 is 0 Å². The zero-order valence-electron chi connectivity index (χ0n) is 11.2. The van der Waals surface area contributed by atoms with Crippen LogP contribution in [0.15, 0.2) is 10.6 Å². The van der Waals surface area contributed by atoms with Gasteiger partial charge in [-0.2, -0.15) is 0 Å². The molecule has 1 atom stereocenters. The number of aromatic nitrogens is 1. The van der Waals surface area contributed by atoms with Crippen LogP contribution in [0.1, 0.15) is 35.5 Å². The first-order chi connectivity index (χ1) is 9.25.